The van der Waals surface area contributed by atoms with E-state index >= 15 is 0 Å². The zero-order valence-corrected chi connectivity index (χ0v) is 12.4. The Morgan fingerprint density at radius 1 is 1.30 bits per heavy atom. The van der Waals surface area contributed by atoms with E-state index in [9.17, 15) is 4.79 Å². The highest BCUT2D eigenvalue weighted by Gasteiger charge is 2.33. The Hall–Kier alpha value is -1.55. The Balaban J connectivity index is 2.15. The molecule has 1 aromatic carbocycles. The van der Waals surface area contributed by atoms with Gasteiger partial charge in [0.15, 0.2) is 6.10 Å². The number of unbranched alkanes of at least 4 members (excludes halogenated alkanes) is 2. The Bertz CT molecular complexity index is 448. The number of anilines is 1. The van der Waals surface area contributed by atoms with Gasteiger partial charge in [0.1, 0.15) is 5.75 Å². The molecule has 0 saturated carbocycles. The molecule has 1 aliphatic heterocycles. The fourth-order valence-electron chi connectivity index (χ4n) is 2.48. The molecule has 4 heteroatoms. The molecule has 20 heavy (non-hydrogen) atoms. The molecule has 1 unspecified atom stereocenters. The summed E-state index contributed by atoms with van der Waals surface area (Å²) in [7, 11) is 1.89. The minimum absolute atomic E-state index is 0.0926. The maximum absolute atomic E-state index is 12.6. The van der Waals surface area contributed by atoms with Crippen LogP contribution in [0.1, 0.15) is 32.6 Å². The van der Waals surface area contributed by atoms with Crippen molar-refractivity contribution in [2.24, 2.45) is 0 Å². The highest BCUT2D eigenvalue weighted by atomic mass is 16.5. The zero-order chi connectivity index (χ0) is 14.4. The average molecular weight is 276 g/mol. The third-order valence-corrected chi connectivity index (χ3v) is 3.61. The molecule has 1 heterocycles. The summed E-state index contributed by atoms with van der Waals surface area (Å²) in [6.45, 7) is 3.73. The lowest BCUT2D eigenvalue weighted by molar-refractivity contribution is -0.126. The average Bonchev–Trinajstić information content (AvgIpc) is 2.48. The number of carbonyl (C=O) groups is 1. The van der Waals surface area contributed by atoms with Gasteiger partial charge in [-0.05, 0) is 32.1 Å². The van der Waals surface area contributed by atoms with Crippen molar-refractivity contribution in [2.75, 3.05) is 25.0 Å². The molecule has 1 aliphatic rings. The van der Waals surface area contributed by atoms with Crippen LogP contribution in [0, 0.1) is 0 Å². The van der Waals surface area contributed by atoms with E-state index in [2.05, 4.69) is 12.2 Å². The minimum atomic E-state index is -0.362. The normalized spacial score (nSPS) is 17.8. The summed E-state index contributed by atoms with van der Waals surface area (Å²) in [6, 6.07) is 7.82. The smallest absolute Gasteiger partial charge is 0.268 e. The largest absolute Gasteiger partial charge is 0.478 e. The van der Waals surface area contributed by atoms with E-state index in [0.29, 0.717) is 6.42 Å². The molecular weight excluding hydrogens is 252 g/mol. The molecule has 0 saturated heterocycles. The molecule has 0 fully saturated rings. The van der Waals surface area contributed by atoms with Crippen molar-refractivity contribution in [1.82, 2.24) is 5.32 Å². The van der Waals surface area contributed by atoms with Crippen molar-refractivity contribution in [2.45, 2.75) is 38.7 Å². The van der Waals surface area contributed by atoms with Gasteiger partial charge in [0.2, 0.25) is 0 Å². The third kappa shape index (κ3) is 3.31. The highest BCUT2D eigenvalue weighted by molar-refractivity contribution is 6.00. The van der Waals surface area contributed by atoms with Crippen LogP contribution in [-0.4, -0.2) is 32.1 Å². The molecule has 4 nitrogen and oxygen atoms in total. The number of carbonyl (C=O) groups excluding carboxylic acids is 1. The molecule has 110 valence electrons. The summed E-state index contributed by atoms with van der Waals surface area (Å²) in [5.74, 6) is 0.916. The maximum Gasteiger partial charge on any atom is 0.268 e. The second-order valence-corrected chi connectivity index (χ2v) is 5.16. The molecule has 0 radical (unpaired) electrons. The molecule has 0 bridgehead atoms. The number of amides is 1. The van der Waals surface area contributed by atoms with Crippen LogP contribution in [0.4, 0.5) is 5.69 Å². The van der Waals surface area contributed by atoms with E-state index < -0.39 is 0 Å². The maximum atomic E-state index is 12.6. The van der Waals surface area contributed by atoms with Gasteiger partial charge in [-0.3, -0.25) is 4.79 Å². The molecule has 1 N–H and O–H groups in total. The molecule has 2 rings (SSSR count). The summed E-state index contributed by atoms with van der Waals surface area (Å²) in [5.41, 5.74) is 0.911. The van der Waals surface area contributed by atoms with Gasteiger partial charge < -0.3 is 15.0 Å². The lowest BCUT2D eigenvalue weighted by atomic mass is 10.1. The van der Waals surface area contributed by atoms with Crippen LogP contribution in [0.15, 0.2) is 24.3 Å². The summed E-state index contributed by atoms with van der Waals surface area (Å²) >= 11 is 0. The number of fused-ring (bicyclic) bond motifs is 1. The van der Waals surface area contributed by atoms with Crippen LogP contribution in [0.3, 0.4) is 0 Å². The van der Waals surface area contributed by atoms with E-state index in [1.165, 1.54) is 0 Å². The van der Waals surface area contributed by atoms with Crippen molar-refractivity contribution in [3.05, 3.63) is 24.3 Å². The number of hydrogen-bond acceptors (Lipinski definition) is 3. The van der Waals surface area contributed by atoms with E-state index in [4.69, 9.17) is 4.74 Å². The quantitative estimate of drug-likeness (QED) is 0.778. The summed E-state index contributed by atoms with van der Waals surface area (Å²) in [5, 5.41) is 3.08. The third-order valence-electron chi connectivity index (χ3n) is 3.61. The first-order chi connectivity index (χ1) is 9.77. The van der Waals surface area contributed by atoms with E-state index in [1.54, 1.807) is 0 Å². The van der Waals surface area contributed by atoms with E-state index in [0.717, 1.165) is 43.8 Å². The number of para-hydroxylation sites is 2. The Kier molecular flexibility index (Phi) is 5.41. The van der Waals surface area contributed by atoms with Gasteiger partial charge in [-0.15, -0.1) is 0 Å². The first kappa shape index (κ1) is 14.9. The van der Waals surface area contributed by atoms with Crippen molar-refractivity contribution < 1.29 is 9.53 Å². The number of benzene rings is 1. The van der Waals surface area contributed by atoms with Crippen LogP contribution >= 0.6 is 0 Å². The van der Waals surface area contributed by atoms with Gasteiger partial charge in [-0.1, -0.05) is 31.9 Å². The molecular formula is C16H24N2O2. The molecule has 0 aromatic heterocycles. The number of nitrogens with zero attached hydrogens (tertiary/aromatic N) is 1. The van der Waals surface area contributed by atoms with Crippen molar-refractivity contribution in [3.63, 3.8) is 0 Å². The van der Waals surface area contributed by atoms with Gasteiger partial charge in [0.05, 0.1) is 5.69 Å². The van der Waals surface area contributed by atoms with Gasteiger partial charge in [-0.25, -0.2) is 0 Å². The number of hydrogen-bond donors (Lipinski definition) is 1. The Morgan fingerprint density at radius 2 is 2.10 bits per heavy atom. The predicted octanol–water partition coefficient (Wildman–Crippen LogP) is 2.58. The van der Waals surface area contributed by atoms with Crippen LogP contribution in [0.2, 0.25) is 0 Å². The highest BCUT2D eigenvalue weighted by Crippen LogP contribution is 2.34. The molecule has 1 amide bonds. The minimum Gasteiger partial charge on any atom is -0.478 e. The summed E-state index contributed by atoms with van der Waals surface area (Å²) in [6.07, 6.45) is 3.68. The van der Waals surface area contributed by atoms with Crippen molar-refractivity contribution in [3.8, 4) is 5.75 Å². The van der Waals surface area contributed by atoms with E-state index in [1.807, 2.05) is 36.2 Å². The SMILES string of the molecule is CCCCCN1C(=O)C(CCNC)Oc2ccccc21. The first-order valence-electron chi connectivity index (χ1n) is 7.49. The van der Waals surface area contributed by atoms with Crippen LogP contribution < -0.4 is 15.0 Å². The molecule has 1 atom stereocenters. The van der Waals surface area contributed by atoms with Crippen LogP contribution in [-0.2, 0) is 4.79 Å². The molecule has 1 aromatic rings. The topological polar surface area (TPSA) is 41.6 Å². The number of rotatable bonds is 7. The summed E-state index contributed by atoms with van der Waals surface area (Å²) in [4.78, 5) is 14.5. The molecule has 0 aliphatic carbocycles. The molecule has 0 spiro atoms. The standard InChI is InChI=1S/C16H24N2O2/c1-3-4-7-12-18-13-8-5-6-9-14(13)20-15(16(18)19)10-11-17-2/h5-6,8-9,15,17H,3-4,7,10-12H2,1-2H3. The lowest BCUT2D eigenvalue weighted by Gasteiger charge is -2.34. The Labute approximate surface area is 121 Å². The lowest BCUT2D eigenvalue weighted by Crippen LogP contribution is -2.47. The fraction of sp³-hybridized carbons (Fsp3) is 0.562. The van der Waals surface area contributed by atoms with Gasteiger partial charge in [0.25, 0.3) is 5.91 Å². The zero-order valence-electron chi connectivity index (χ0n) is 12.4. The van der Waals surface area contributed by atoms with Gasteiger partial charge >= 0.3 is 0 Å². The van der Waals surface area contributed by atoms with Crippen molar-refractivity contribution >= 4 is 11.6 Å². The first-order valence-corrected chi connectivity index (χ1v) is 7.49. The monoisotopic (exact) mass is 276 g/mol. The van der Waals surface area contributed by atoms with Crippen LogP contribution in [0.25, 0.3) is 0 Å². The predicted molar refractivity (Wildman–Crippen MR) is 81.3 cm³/mol. The van der Waals surface area contributed by atoms with Crippen molar-refractivity contribution in [1.29, 1.82) is 0 Å². The van der Waals surface area contributed by atoms with Gasteiger partial charge in [-0.2, -0.15) is 0 Å². The van der Waals surface area contributed by atoms with Gasteiger partial charge in [0, 0.05) is 13.0 Å². The number of ether oxygens (including phenoxy) is 1. The summed E-state index contributed by atoms with van der Waals surface area (Å²) < 4.78 is 5.85. The second kappa shape index (κ2) is 7.29. The van der Waals surface area contributed by atoms with Crippen LogP contribution in [0.5, 0.6) is 5.75 Å². The van der Waals surface area contributed by atoms with E-state index in [-0.39, 0.29) is 12.0 Å². The number of nitrogens with one attached hydrogen (secondary N) is 1. The Morgan fingerprint density at radius 3 is 2.85 bits per heavy atom. The fourth-order valence-corrected chi connectivity index (χ4v) is 2.48. The second-order valence-electron chi connectivity index (χ2n) is 5.16.